The molecule has 0 amide bonds. The van der Waals surface area contributed by atoms with Gasteiger partial charge >= 0.3 is 0 Å². The summed E-state index contributed by atoms with van der Waals surface area (Å²) in [5.74, 6) is 0.354. The minimum Gasteiger partial charge on any atom is -0.337 e. The summed E-state index contributed by atoms with van der Waals surface area (Å²) in [7, 11) is 2.53. The van der Waals surface area contributed by atoms with E-state index < -0.39 is 8.38 Å². The van der Waals surface area contributed by atoms with Gasteiger partial charge in [0.2, 0.25) is 0 Å². The van der Waals surface area contributed by atoms with Crippen molar-refractivity contribution in [2.45, 2.75) is 12.1 Å². The van der Waals surface area contributed by atoms with Crippen molar-refractivity contribution >= 4 is 8.38 Å². The lowest BCUT2D eigenvalue weighted by atomic mass is 9.94. The van der Waals surface area contributed by atoms with Gasteiger partial charge in [0.25, 0.3) is 0 Å². The summed E-state index contributed by atoms with van der Waals surface area (Å²) in [5, 5.41) is 0. The fourth-order valence-corrected chi connectivity index (χ4v) is 3.76. The molecule has 0 radical (unpaired) electrons. The normalized spacial score (nSPS) is 17.3. The fourth-order valence-electron chi connectivity index (χ4n) is 2.26. The number of hydrogen-bond donors (Lipinski definition) is 0. The van der Waals surface area contributed by atoms with Crippen molar-refractivity contribution in [3.05, 3.63) is 60.2 Å². The molecule has 0 aromatic heterocycles. The van der Waals surface area contributed by atoms with E-state index in [1.165, 1.54) is 5.56 Å². The minimum absolute atomic E-state index is 0.254. The van der Waals surface area contributed by atoms with E-state index in [-0.39, 0.29) is 5.66 Å². The highest BCUT2D eigenvalue weighted by molar-refractivity contribution is 7.47. The standard InChI is InChI=1S/C15H19O2P/c1-16-18(17-2)15(13-9-5-3-6-10-13)14-11-7-4-8-12-14/h3,5-12,14-15H,4H2,1-2H3/t15-/m1/s1. The SMILES string of the molecule is COP(OC)[C@H](c1ccccc1)C1C=CCC=C1. The van der Waals surface area contributed by atoms with Crippen molar-refractivity contribution in [3.8, 4) is 0 Å². The molecule has 0 bridgehead atoms. The average molecular weight is 262 g/mol. The zero-order chi connectivity index (χ0) is 12.8. The lowest BCUT2D eigenvalue weighted by Crippen LogP contribution is -2.10. The second-order valence-corrected chi connectivity index (χ2v) is 6.03. The van der Waals surface area contributed by atoms with Gasteiger partial charge in [-0.05, 0) is 12.0 Å². The molecule has 0 saturated carbocycles. The summed E-state index contributed by atoms with van der Waals surface area (Å²) in [4.78, 5) is 0. The van der Waals surface area contributed by atoms with Crippen LogP contribution in [0.4, 0.5) is 0 Å². The van der Waals surface area contributed by atoms with Crippen LogP contribution in [0.25, 0.3) is 0 Å². The molecule has 0 N–H and O–H groups in total. The summed E-state index contributed by atoms with van der Waals surface area (Å²) in [6, 6.07) is 10.5. The smallest absolute Gasteiger partial charge is 0.178 e. The van der Waals surface area contributed by atoms with E-state index in [2.05, 4.69) is 48.6 Å². The van der Waals surface area contributed by atoms with Gasteiger partial charge in [0.15, 0.2) is 8.38 Å². The molecule has 2 rings (SSSR count). The second kappa shape index (κ2) is 6.84. The van der Waals surface area contributed by atoms with E-state index in [0.717, 1.165) is 6.42 Å². The number of hydrogen-bond acceptors (Lipinski definition) is 2. The Balaban J connectivity index is 2.30. The largest absolute Gasteiger partial charge is 0.337 e. The van der Waals surface area contributed by atoms with Crippen molar-refractivity contribution in [1.82, 2.24) is 0 Å². The second-order valence-electron chi connectivity index (χ2n) is 4.18. The maximum Gasteiger partial charge on any atom is 0.178 e. The van der Waals surface area contributed by atoms with Crippen LogP contribution in [0.5, 0.6) is 0 Å². The van der Waals surface area contributed by atoms with Gasteiger partial charge in [0.1, 0.15) is 0 Å². The van der Waals surface area contributed by atoms with Crippen molar-refractivity contribution in [2.24, 2.45) is 5.92 Å². The minimum atomic E-state index is -0.921. The molecular formula is C15H19O2P. The Labute approximate surface area is 110 Å². The van der Waals surface area contributed by atoms with E-state index in [1.54, 1.807) is 14.2 Å². The number of benzene rings is 1. The zero-order valence-corrected chi connectivity index (χ0v) is 11.7. The van der Waals surface area contributed by atoms with E-state index in [1.807, 2.05) is 6.07 Å². The quantitative estimate of drug-likeness (QED) is 0.576. The Bertz CT molecular complexity index is 398. The van der Waals surface area contributed by atoms with Crippen molar-refractivity contribution < 1.29 is 9.05 Å². The Kier molecular flexibility index (Phi) is 5.12. The molecule has 0 fully saturated rings. The van der Waals surface area contributed by atoms with Gasteiger partial charge in [0, 0.05) is 20.1 Å². The molecular weight excluding hydrogens is 243 g/mol. The Morgan fingerprint density at radius 2 is 1.67 bits per heavy atom. The third kappa shape index (κ3) is 3.08. The first-order valence-corrected chi connectivity index (χ1v) is 7.37. The van der Waals surface area contributed by atoms with Crippen LogP contribution in [-0.2, 0) is 9.05 Å². The first-order chi connectivity index (χ1) is 8.86. The van der Waals surface area contributed by atoms with Gasteiger partial charge < -0.3 is 9.05 Å². The van der Waals surface area contributed by atoms with Gasteiger partial charge in [-0.1, -0.05) is 54.6 Å². The molecule has 0 spiro atoms. The van der Waals surface area contributed by atoms with Crippen LogP contribution >= 0.6 is 8.38 Å². The Hall–Kier alpha value is -0.950. The van der Waals surface area contributed by atoms with Crippen molar-refractivity contribution in [2.75, 3.05) is 14.2 Å². The maximum absolute atomic E-state index is 5.54. The zero-order valence-electron chi connectivity index (χ0n) is 10.8. The van der Waals surface area contributed by atoms with Crippen LogP contribution in [0.1, 0.15) is 17.6 Å². The monoisotopic (exact) mass is 262 g/mol. The van der Waals surface area contributed by atoms with Gasteiger partial charge in [-0.2, -0.15) is 0 Å². The predicted octanol–water partition coefficient (Wildman–Crippen LogP) is 4.46. The molecule has 1 aliphatic rings. The molecule has 1 atom stereocenters. The lowest BCUT2D eigenvalue weighted by Gasteiger charge is -2.29. The highest BCUT2D eigenvalue weighted by Gasteiger charge is 2.29. The van der Waals surface area contributed by atoms with Crippen LogP contribution < -0.4 is 0 Å². The fraction of sp³-hybridized carbons (Fsp3) is 0.333. The van der Waals surface area contributed by atoms with Crippen molar-refractivity contribution in [1.29, 1.82) is 0 Å². The van der Waals surface area contributed by atoms with E-state index >= 15 is 0 Å². The Morgan fingerprint density at radius 1 is 1.06 bits per heavy atom. The molecule has 2 nitrogen and oxygen atoms in total. The summed E-state index contributed by atoms with van der Waals surface area (Å²) in [6.45, 7) is 0. The molecule has 0 unspecified atom stereocenters. The number of rotatable bonds is 5. The summed E-state index contributed by atoms with van der Waals surface area (Å²) >= 11 is 0. The third-order valence-corrected chi connectivity index (χ3v) is 4.90. The molecule has 0 saturated heterocycles. The highest BCUT2D eigenvalue weighted by Crippen LogP contribution is 2.56. The molecule has 0 heterocycles. The van der Waals surface area contributed by atoms with Gasteiger partial charge in [-0.25, -0.2) is 0 Å². The number of allylic oxidation sites excluding steroid dienone is 4. The summed E-state index contributed by atoms with van der Waals surface area (Å²) < 4.78 is 11.1. The summed E-state index contributed by atoms with van der Waals surface area (Å²) in [6.07, 6.45) is 9.95. The van der Waals surface area contributed by atoms with Crippen LogP contribution in [0.2, 0.25) is 0 Å². The van der Waals surface area contributed by atoms with Crippen LogP contribution in [0.15, 0.2) is 54.6 Å². The van der Waals surface area contributed by atoms with Gasteiger partial charge in [0.05, 0.1) is 5.66 Å². The first kappa shape index (κ1) is 13.5. The van der Waals surface area contributed by atoms with E-state index in [9.17, 15) is 0 Å². The molecule has 3 heteroatoms. The van der Waals surface area contributed by atoms with E-state index in [4.69, 9.17) is 9.05 Å². The van der Waals surface area contributed by atoms with Gasteiger partial charge in [-0.15, -0.1) is 0 Å². The average Bonchev–Trinajstić information content (AvgIpc) is 2.46. The highest BCUT2D eigenvalue weighted by atomic mass is 31.2. The molecule has 0 aliphatic heterocycles. The van der Waals surface area contributed by atoms with Crippen LogP contribution in [0, 0.1) is 5.92 Å². The topological polar surface area (TPSA) is 18.5 Å². The molecule has 1 aromatic carbocycles. The summed E-state index contributed by atoms with van der Waals surface area (Å²) in [5.41, 5.74) is 1.53. The maximum atomic E-state index is 5.54. The Morgan fingerprint density at radius 3 is 2.22 bits per heavy atom. The predicted molar refractivity (Wildman–Crippen MR) is 76.5 cm³/mol. The van der Waals surface area contributed by atoms with Crippen LogP contribution in [-0.4, -0.2) is 14.2 Å². The van der Waals surface area contributed by atoms with E-state index in [0.29, 0.717) is 5.92 Å². The molecule has 96 valence electrons. The van der Waals surface area contributed by atoms with Gasteiger partial charge in [-0.3, -0.25) is 0 Å². The lowest BCUT2D eigenvalue weighted by molar-refractivity contribution is 0.326. The first-order valence-electron chi connectivity index (χ1n) is 6.12. The molecule has 1 aliphatic carbocycles. The molecule has 1 aromatic rings. The molecule has 18 heavy (non-hydrogen) atoms. The third-order valence-electron chi connectivity index (χ3n) is 3.08. The van der Waals surface area contributed by atoms with Crippen LogP contribution in [0.3, 0.4) is 0 Å². The van der Waals surface area contributed by atoms with Crippen molar-refractivity contribution in [3.63, 3.8) is 0 Å².